The summed E-state index contributed by atoms with van der Waals surface area (Å²) in [6.07, 6.45) is 10.6. The predicted molar refractivity (Wildman–Crippen MR) is 95.8 cm³/mol. The predicted octanol–water partition coefficient (Wildman–Crippen LogP) is 5.93. The molecule has 0 saturated carbocycles. The van der Waals surface area contributed by atoms with Crippen LogP contribution in [0.4, 0.5) is 0 Å². The van der Waals surface area contributed by atoms with Gasteiger partial charge in [0, 0.05) is 6.08 Å². The van der Waals surface area contributed by atoms with Crippen molar-refractivity contribution < 1.29 is 9.53 Å². The first-order chi connectivity index (χ1) is 10.3. The Morgan fingerprint density at radius 1 is 1.05 bits per heavy atom. The van der Waals surface area contributed by atoms with Crippen LogP contribution in [0.1, 0.15) is 74.1 Å². The summed E-state index contributed by atoms with van der Waals surface area (Å²) in [5, 5.41) is 0. The third-order valence-corrected chi connectivity index (χ3v) is 4.35. The maximum absolute atomic E-state index is 11.5. The quantitative estimate of drug-likeness (QED) is 0.284. The fourth-order valence-corrected chi connectivity index (χ4v) is 2.34. The minimum absolute atomic E-state index is 0.0620. The molecule has 0 aromatic rings. The molecule has 2 nitrogen and oxygen atoms in total. The molecule has 0 N–H and O–H groups in total. The van der Waals surface area contributed by atoms with Crippen molar-refractivity contribution in [1.82, 2.24) is 0 Å². The van der Waals surface area contributed by atoms with Crippen LogP contribution in [0.2, 0.25) is 0 Å². The molecule has 0 rings (SSSR count). The van der Waals surface area contributed by atoms with Crippen LogP contribution in [0.25, 0.3) is 0 Å². The molecule has 0 aliphatic heterocycles. The van der Waals surface area contributed by atoms with Crippen molar-refractivity contribution in [3.8, 4) is 0 Å². The topological polar surface area (TPSA) is 26.3 Å². The minimum atomic E-state index is -0.257. The SMILES string of the molecule is CCC(C)C(C)CCC(C)CC=CC(C)=CC(=O)OC(C)C. The first-order valence-electron chi connectivity index (χ1n) is 8.81. The van der Waals surface area contributed by atoms with Crippen molar-refractivity contribution in [2.45, 2.75) is 80.3 Å². The van der Waals surface area contributed by atoms with Crippen LogP contribution in [0, 0.1) is 17.8 Å². The molecular formula is C20H36O2. The van der Waals surface area contributed by atoms with E-state index in [0.717, 1.165) is 23.8 Å². The summed E-state index contributed by atoms with van der Waals surface area (Å²) in [5.74, 6) is 2.06. The summed E-state index contributed by atoms with van der Waals surface area (Å²) in [7, 11) is 0. The molecule has 0 amide bonds. The number of carbonyl (C=O) groups is 1. The minimum Gasteiger partial charge on any atom is -0.460 e. The summed E-state index contributed by atoms with van der Waals surface area (Å²) in [6, 6.07) is 0. The second-order valence-corrected chi connectivity index (χ2v) is 7.06. The van der Waals surface area contributed by atoms with Gasteiger partial charge in [-0.15, -0.1) is 0 Å². The van der Waals surface area contributed by atoms with Gasteiger partial charge in [-0.1, -0.05) is 59.1 Å². The monoisotopic (exact) mass is 308 g/mol. The molecule has 0 saturated heterocycles. The van der Waals surface area contributed by atoms with E-state index in [1.807, 2.05) is 26.8 Å². The molecular weight excluding hydrogens is 272 g/mol. The van der Waals surface area contributed by atoms with Gasteiger partial charge in [-0.3, -0.25) is 0 Å². The molecule has 0 bridgehead atoms. The van der Waals surface area contributed by atoms with E-state index in [-0.39, 0.29) is 12.1 Å². The van der Waals surface area contributed by atoms with Gasteiger partial charge in [0.15, 0.2) is 0 Å². The zero-order chi connectivity index (χ0) is 17.1. The summed E-state index contributed by atoms with van der Waals surface area (Å²) < 4.78 is 5.10. The third kappa shape index (κ3) is 10.6. The van der Waals surface area contributed by atoms with E-state index in [1.54, 1.807) is 6.08 Å². The first-order valence-corrected chi connectivity index (χ1v) is 8.81. The first kappa shape index (κ1) is 20.9. The van der Waals surface area contributed by atoms with Crippen LogP contribution >= 0.6 is 0 Å². The summed E-state index contributed by atoms with van der Waals surface area (Å²) in [5.41, 5.74) is 0.950. The smallest absolute Gasteiger partial charge is 0.331 e. The maximum atomic E-state index is 11.5. The Kier molecular flexibility index (Phi) is 11.0. The highest BCUT2D eigenvalue weighted by atomic mass is 16.5. The van der Waals surface area contributed by atoms with Gasteiger partial charge < -0.3 is 4.74 Å². The second kappa shape index (κ2) is 11.5. The van der Waals surface area contributed by atoms with E-state index in [0.29, 0.717) is 5.92 Å². The van der Waals surface area contributed by atoms with E-state index in [9.17, 15) is 4.79 Å². The van der Waals surface area contributed by atoms with E-state index < -0.39 is 0 Å². The van der Waals surface area contributed by atoms with Gasteiger partial charge in [-0.2, -0.15) is 0 Å². The molecule has 0 aromatic heterocycles. The van der Waals surface area contributed by atoms with E-state index in [1.165, 1.54) is 19.3 Å². The molecule has 0 aliphatic rings. The molecule has 3 atom stereocenters. The third-order valence-electron chi connectivity index (χ3n) is 4.35. The molecule has 0 aromatic carbocycles. The maximum Gasteiger partial charge on any atom is 0.331 e. The van der Waals surface area contributed by atoms with Gasteiger partial charge in [0.1, 0.15) is 0 Å². The summed E-state index contributed by atoms with van der Waals surface area (Å²) in [6.45, 7) is 14.9. The molecule has 0 spiro atoms. The molecule has 0 heterocycles. The van der Waals surface area contributed by atoms with Crippen LogP contribution < -0.4 is 0 Å². The Labute approximate surface area is 138 Å². The Hall–Kier alpha value is -1.05. The lowest BCUT2D eigenvalue weighted by Crippen LogP contribution is -2.08. The summed E-state index contributed by atoms with van der Waals surface area (Å²) >= 11 is 0. The average Bonchev–Trinajstić information content (AvgIpc) is 2.42. The van der Waals surface area contributed by atoms with Crippen LogP contribution in [-0.4, -0.2) is 12.1 Å². The van der Waals surface area contributed by atoms with E-state index >= 15 is 0 Å². The largest absolute Gasteiger partial charge is 0.460 e. The second-order valence-electron chi connectivity index (χ2n) is 7.06. The highest BCUT2D eigenvalue weighted by molar-refractivity contribution is 5.83. The van der Waals surface area contributed by atoms with E-state index in [4.69, 9.17) is 4.74 Å². The highest BCUT2D eigenvalue weighted by Gasteiger charge is 2.11. The van der Waals surface area contributed by atoms with Gasteiger partial charge >= 0.3 is 5.97 Å². The van der Waals surface area contributed by atoms with Gasteiger partial charge in [0.2, 0.25) is 0 Å². The van der Waals surface area contributed by atoms with Crippen molar-refractivity contribution in [3.05, 3.63) is 23.8 Å². The Balaban J connectivity index is 4.10. The number of allylic oxidation sites excluding steroid dienone is 3. The number of hydrogen-bond donors (Lipinski definition) is 0. The molecule has 0 fully saturated rings. The lowest BCUT2D eigenvalue weighted by atomic mass is 9.86. The van der Waals surface area contributed by atoms with Gasteiger partial charge in [0.25, 0.3) is 0 Å². The van der Waals surface area contributed by atoms with E-state index in [2.05, 4.69) is 33.8 Å². The van der Waals surface area contributed by atoms with Gasteiger partial charge in [-0.05, 0) is 50.5 Å². The lowest BCUT2D eigenvalue weighted by molar-refractivity contribution is -0.141. The standard InChI is InChI=1S/C20H36O2/c1-8-18(6)19(7)13-12-16(4)10-9-11-17(5)14-20(21)22-15(2)3/h9,11,14-16,18-19H,8,10,12-13H2,1-7H3. The van der Waals surface area contributed by atoms with Crippen LogP contribution in [-0.2, 0) is 9.53 Å². The number of hydrogen-bond acceptors (Lipinski definition) is 2. The molecule has 128 valence electrons. The fourth-order valence-electron chi connectivity index (χ4n) is 2.34. The lowest BCUT2D eigenvalue weighted by Gasteiger charge is -2.19. The van der Waals surface area contributed by atoms with Gasteiger partial charge in [-0.25, -0.2) is 4.79 Å². The normalized spacial score (nSPS) is 16.8. The van der Waals surface area contributed by atoms with Crippen molar-refractivity contribution in [1.29, 1.82) is 0 Å². The van der Waals surface area contributed by atoms with Crippen molar-refractivity contribution in [2.24, 2.45) is 17.8 Å². The Morgan fingerprint density at radius 3 is 2.23 bits per heavy atom. The Morgan fingerprint density at radius 2 is 1.68 bits per heavy atom. The highest BCUT2D eigenvalue weighted by Crippen LogP contribution is 2.23. The average molecular weight is 309 g/mol. The van der Waals surface area contributed by atoms with Crippen LogP contribution in [0.15, 0.2) is 23.8 Å². The Bertz CT molecular complexity index is 366. The van der Waals surface area contributed by atoms with Gasteiger partial charge in [0.05, 0.1) is 6.10 Å². The fraction of sp³-hybridized carbons (Fsp3) is 0.750. The van der Waals surface area contributed by atoms with Crippen LogP contribution in [0.5, 0.6) is 0 Å². The molecule has 22 heavy (non-hydrogen) atoms. The number of ether oxygens (including phenoxy) is 1. The number of carbonyl (C=O) groups excluding carboxylic acids is 1. The number of rotatable bonds is 10. The van der Waals surface area contributed by atoms with Crippen molar-refractivity contribution >= 4 is 5.97 Å². The van der Waals surface area contributed by atoms with Crippen molar-refractivity contribution in [3.63, 3.8) is 0 Å². The zero-order valence-electron chi connectivity index (χ0n) is 15.7. The van der Waals surface area contributed by atoms with Crippen molar-refractivity contribution in [2.75, 3.05) is 0 Å². The molecule has 0 radical (unpaired) electrons. The molecule has 2 heteroatoms. The zero-order valence-corrected chi connectivity index (χ0v) is 15.7. The molecule has 3 unspecified atom stereocenters. The molecule has 0 aliphatic carbocycles. The van der Waals surface area contributed by atoms with Crippen LogP contribution in [0.3, 0.4) is 0 Å². The summed E-state index contributed by atoms with van der Waals surface area (Å²) in [4.78, 5) is 11.5. The number of esters is 1.